The summed E-state index contributed by atoms with van der Waals surface area (Å²) in [4.78, 5) is 15.0. The minimum atomic E-state index is -0.302. The molecule has 0 N–H and O–H groups in total. The zero-order valence-electron chi connectivity index (χ0n) is 19.4. The zero-order chi connectivity index (χ0) is 24.2. The number of carbonyl (C=O) groups excluding carboxylic acids is 1. The lowest BCUT2D eigenvalue weighted by atomic mass is 10.1. The highest BCUT2D eigenvalue weighted by atomic mass is 32.2. The molecule has 3 aromatic carbocycles. The highest BCUT2D eigenvalue weighted by Gasteiger charge is 2.22. The van der Waals surface area contributed by atoms with Crippen LogP contribution >= 0.6 is 11.8 Å². The van der Waals surface area contributed by atoms with Crippen LogP contribution in [0.15, 0.2) is 78.0 Å². The van der Waals surface area contributed by atoms with E-state index in [4.69, 9.17) is 4.74 Å². The molecule has 1 aliphatic heterocycles. The molecule has 0 atom stereocenters. The molecular formula is C27H25FN4O2S. The maximum Gasteiger partial charge on any atom is 0.254 e. The van der Waals surface area contributed by atoms with Crippen LogP contribution in [0.2, 0.25) is 0 Å². The van der Waals surface area contributed by atoms with Crippen molar-refractivity contribution in [3.05, 3.63) is 95.3 Å². The minimum Gasteiger partial charge on any atom is -0.378 e. The van der Waals surface area contributed by atoms with Gasteiger partial charge in [0.25, 0.3) is 5.91 Å². The van der Waals surface area contributed by atoms with E-state index >= 15 is 0 Å². The van der Waals surface area contributed by atoms with Gasteiger partial charge in [-0.3, -0.25) is 9.36 Å². The van der Waals surface area contributed by atoms with Crippen molar-refractivity contribution in [1.82, 2.24) is 19.7 Å². The zero-order valence-corrected chi connectivity index (χ0v) is 20.2. The van der Waals surface area contributed by atoms with Crippen molar-refractivity contribution in [2.24, 2.45) is 0 Å². The Hall–Kier alpha value is -3.49. The summed E-state index contributed by atoms with van der Waals surface area (Å²) in [6.45, 7) is 4.35. The van der Waals surface area contributed by atoms with E-state index in [0.717, 1.165) is 22.4 Å². The Morgan fingerprint density at radius 1 is 0.971 bits per heavy atom. The van der Waals surface area contributed by atoms with Gasteiger partial charge in [0.2, 0.25) is 0 Å². The topological polar surface area (TPSA) is 60.3 Å². The number of aromatic nitrogens is 3. The molecule has 1 aliphatic rings. The fraction of sp³-hybridized carbons (Fsp3) is 0.222. The Morgan fingerprint density at radius 3 is 2.43 bits per heavy atom. The van der Waals surface area contributed by atoms with Crippen LogP contribution in [0, 0.1) is 12.7 Å². The average molecular weight is 489 g/mol. The van der Waals surface area contributed by atoms with Gasteiger partial charge in [0.1, 0.15) is 5.82 Å². The molecule has 5 rings (SSSR count). The van der Waals surface area contributed by atoms with Crippen LogP contribution < -0.4 is 0 Å². The molecule has 1 fully saturated rings. The Morgan fingerprint density at radius 2 is 1.69 bits per heavy atom. The molecule has 0 aliphatic carbocycles. The number of benzene rings is 3. The van der Waals surface area contributed by atoms with Crippen molar-refractivity contribution in [2.45, 2.75) is 17.8 Å². The van der Waals surface area contributed by atoms with Gasteiger partial charge >= 0.3 is 0 Å². The first-order chi connectivity index (χ1) is 17.1. The number of carbonyl (C=O) groups is 1. The number of rotatable bonds is 6. The van der Waals surface area contributed by atoms with Gasteiger partial charge in [-0.25, -0.2) is 4.39 Å². The van der Waals surface area contributed by atoms with Gasteiger partial charge in [-0.2, -0.15) is 0 Å². The van der Waals surface area contributed by atoms with E-state index in [-0.39, 0.29) is 11.7 Å². The van der Waals surface area contributed by atoms with Crippen molar-refractivity contribution in [1.29, 1.82) is 0 Å². The van der Waals surface area contributed by atoms with Gasteiger partial charge in [0.05, 0.1) is 13.2 Å². The molecule has 0 spiro atoms. The normalized spacial score (nSPS) is 13.7. The summed E-state index contributed by atoms with van der Waals surface area (Å²) in [5.41, 5.74) is 4.46. The van der Waals surface area contributed by atoms with E-state index < -0.39 is 0 Å². The standard InChI is InChI=1S/C27H25FN4O2S/c1-19-6-8-20(9-7-19)25-29-30-27(32(25)23-12-10-22(28)11-13-23)35-18-21-4-2-3-5-24(21)26(33)31-14-16-34-17-15-31/h2-13H,14-18H2,1H3. The summed E-state index contributed by atoms with van der Waals surface area (Å²) in [5, 5.41) is 9.60. The highest BCUT2D eigenvalue weighted by molar-refractivity contribution is 7.98. The molecule has 0 saturated carbocycles. The summed E-state index contributed by atoms with van der Waals surface area (Å²) in [6, 6.07) is 22.0. The third kappa shape index (κ3) is 5.13. The molecule has 6 nitrogen and oxygen atoms in total. The Bertz CT molecular complexity index is 1320. The van der Waals surface area contributed by atoms with Crippen LogP contribution in [0.3, 0.4) is 0 Å². The van der Waals surface area contributed by atoms with E-state index in [2.05, 4.69) is 10.2 Å². The van der Waals surface area contributed by atoms with Gasteiger partial charge in [-0.15, -0.1) is 10.2 Å². The lowest BCUT2D eigenvalue weighted by Crippen LogP contribution is -2.41. The van der Waals surface area contributed by atoms with Crippen LogP contribution in [0.1, 0.15) is 21.5 Å². The Kier molecular flexibility index (Phi) is 6.92. The first-order valence-corrected chi connectivity index (χ1v) is 12.4. The van der Waals surface area contributed by atoms with Crippen LogP contribution in [0.25, 0.3) is 17.1 Å². The predicted octanol–water partition coefficient (Wildman–Crippen LogP) is 5.15. The molecule has 0 bridgehead atoms. The van der Waals surface area contributed by atoms with Crippen LogP contribution in [0.4, 0.5) is 4.39 Å². The number of aryl methyl sites for hydroxylation is 1. The summed E-state index contributed by atoms with van der Waals surface area (Å²) in [7, 11) is 0. The number of halogens is 1. The van der Waals surface area contributed by atoms with Crippen LogP contribution in [-0.2, 0) is 10.5 Å². The van der Waals surface area contributed by atoms with Crippen LogP contribution in [-0.4, -0.2) is 51.9 Å². The first-order valence-electron chi connectivity index (χ1n) is 11.5. The second-order valence-corrected chi connectivity index (χ2v) is 9.28. The number of hydrogen-bond acceptors (Lipinski definition) is 5. The largest absolute Gasteiger partial charge is 0.378 e. The third-order valence-electron chi connectivity index (χ3n) is 5.93. The second kappa shape index (κ2) is 10.4. The van der Waals surface area contributed by atoms with Crippen LogP contribution in [0.5, 0.6) is 0 Å². The van der Waals surface area contributed by atoms with Crippen molar-refractivity contribution in [2.75, 3.05) is 26.3 Å². The van der Waals surface area contributed by atoms with Gasteiger partial charge in [-0.1, -0.05) is 59.8 Å². The number of hydrogen-bond donors (Lipinski definition) is 0. The molecule has 4 aromatic rings. The van der Waals surface area contributed by atoms with E-state index in [0.29, 0.717) is 48.6 Å². The molecule has 35 heavy (non-hydrogen) atoms. The molecule has 0 unspecified atom stereocenters. The van der Waals surface area contributed by atoms with E-state index in [1.807, 2.05) is 64.9 Å². The molecule has 1 aromatic heterocycles. The molecule has 1 saturated heterocycles. The molecule has 2 heterocycles. The molecule has 178 valence electrons. The van der Waals surface area contributed by atoms with Gasteiger partial charge in [0, 0.05) is 35.7 Å². The van der Waals surface area contributed by atoms with Gasteiger partial charge in [0.15, 0.2) is 11.0 Å². The fourth-order valence-electron chi connectivity index (χ4n) is 4.01. The smallest absolute Gasteiger partial charge is 0.254 e. The molecule has 1 amide bonds. The van der Waals surface area contributed by atoms with Crippen molar-refractivity contribution >= 4 is 17.7 Å². The van der Waals surface area contributed by atoms with Crippen molar-refractivity contribution in [3.8, 4) is 17.1 Å². The molecule has 8 heteroatoms. The summed E-state index contributed by atoms with van der Waals surface area (Å²) < 4.78 is 21.0. The van der Waals surface area contributed by atoms with E-state index in [1.165, 1.54) is 23.9 Å². The summed E-state index contributed by atoms with van der Waals surface area (Å²) in [6.07, 6.45) is 0. The number of morpholine rings is 1. The number of ether oxygens (including phenoxy) is 1. The van der Waals surface area contributed by atoms with Gasteiger partial charge in [-0.05, 0) is 42.8 Å². The monoisotopic (exact) mass is 488 g/mol. The minimum absolute atomic E-state index is 0.0184. The predicted molar refractivity (Wildman–Crippen MR) is 134 cm³/mol. The first kappa shape index (κ1) is 23.3. The van der Waals surface area contributed by atoms with E-state index in [9.17, 15) is 9.18 Å². The van der Waals surface area contributed by atoms with E-state index in [1.54, 1.807) is 12.1 Å². The van der Waals surface area contributed by atoms with Gasteiger partial charge < -0.3 is 9.64 Å². The van der Waals surface area contributed by atoms with Crippen molar-refractivity contribution in [3.63, 3.8) is 0 Å². The fourth-order valence-corrected chi connectivity index (χ4v) is 4.97. The second-order valence-electron chi connectivity index (χ2n) is 8.33. The molecular weight excluding hydrogens is 463 g/mol. The lowest BCUT2D eigenvalue weighted by molar-refractivity contribution is 0.0302. The summed E-state index contributed by atoms with van der Waals surface area (Å²) >= 11 is 1.50. The number of thioether (sulfide) groups is 1. The summed E-state index contributed by atoms with van der Waals surface area (Å²) in [5.74, 6) is 0.935. The Labute approximate surface area is 207 Å². The third-order valence-corrected chi connectivity index (χ3v) is 6.91. The average Bonchev–Trinajstić information content (AvgIpc) is 3.32. The maximum absolute atomic E-state index is 13.7. The van der Waals surface area contributed by atoms with Crippen molar-refractivity contribution < 1.29 is 13.9 Å². The quantitative estimate of drug-likeness (QED) is 0.352. The Balaban J connectivity index is 1.46. The number of nitrogens with zero attached hydrogens (tertiary/aromatic N) is 4. The lowest BCUT2D eigenvalue weighted by Gasteiger charge is -2.27. The molecule has 0 radical (unpaired) electrons. The SMILES string of the molecule is Cc1ccc(-c2nnc(SCc3ccccc3C(=O)N3CCOCC3)n2-c2ccc(F)cc2)cc1. The number of amides is 1. The maximum atomic E-state index is 13.7. The highest BCUT2D eigenvalue weighted by Crippen LogP contribution is 2.31.